The van der Waals surface area contributed by atoms with Crippen molar-refractivity contribution >= 4 is 44.9 Å². The summed E-state index contributed by atoms with van der Waals surface area (Å²) in [5.41, 5.74) is 0.795. The lowest BCUT2D eigenvalue weighted by molar-refractivity contribution is -0.114. The maximum atomic E-state index is 12.4. The molecular weight excluding hydrogens is 408 g/mol. The highest BCUT2D eigenvalue weighted by atomic mass is 35.5. The van der Waals surface area contributed by atoms with E-state index in [0.29, 0.717) is 11.4 Å². The number of carbonyl (C=O) groups excluding carboxylic acids is 2. The molecule has 150 valence electrons. The van der Waals surface area contributed by atoms with Gasteiger partial charge in [0.25, 0.3) is 0 Å². The second-order valence-electron chi connectivity index (χ2n) is 5.71. The minimum atomic E-state index is -3.77. The van der Waals surface area contributed by atoms with E-state index in [1.54, 1.807) is 12.1 Å². The van der Waals surface area contributed by atoms with Crippen molar-refractivity contribution in [2.75, 3.05) is 36.6 Å². The Morgan fingerprint density at radius 1 is 1.14 bits per heavy atom. The highest BCUT2D eigenvalue weighted by Gasteiger charge is 2.22. The van der Waals surface area contributed by atoms with Crippen LogP contribution in [0.3, 0.4) is 0 Å². The summed E-state index contributed by atoms with van der Waals surface area (Å²) in [6.45, 7) is -0.482. The Balaban J connectivity index is 2.23. The van der Waals surface area contributed by atoms with Crippen molar-refractivity contribution in [3.8, 4) is 5.75 Å². The predicted molar refractivity (Wildman–Crippen MR) is 107 cm³/mol. The quantitative estimate of drug-likeness (QED) is 0.682. The molecule has 0 radical (unpaired) electrons. The molecule has 1 amide bonds. The zero-order valence-electron chi connectivity index (χ0n) is 15.4. The number of carbonyl (C=O) groups is 2. The standard InChI is InChI=1S/C18H19ClN2O6S/c1-26-16-8-7-14(10-15(16)19)21(28(3,24)25)11-17(22)20-13-6-4-5-12(9-13)18(23)27-2/h4-10H,11H2,1-3H3,(H,20,22). The van der Waals surface area contributed by atoms with Crippen LogP contribution in [0.4, 0.5) is 11.4 Å². The topological polar surface area (TPSA) is 102 Å². The van der Waals surface area contributed by atoms with Crippen LogP contribution in [0.1, 0.15) is 10.4 Å². The van der Waals surface area contributed by atoms with Crippen LogP contribution in [0.15, 0.2) is 42.5 Å². The van der Waals surface area contributed by atoms with Crippen LogP contribution in [-0.4, -0.2) is 47.3 Å². The highest BCUT2D eigenvalue weighted by molar-refractivity contribution is 7.92. The number of ether oxygens (including phenoxy) is 2. The Labute approximate surface area is 168 Å². The Hall–Kier alpha value is -2.78. The van der Waals surface area contributed by atoms with Crippen molar-refractivity contribution in [1.82, 2.24) is 0 Å². The van der Waals surface area contributed by atoms with Gasteiger partial charge < -0.3 is 14.8 Å². The lowest BCUT2D eigenvalue weighted by Crippen LogP contribution is -2.37. The van der Waals surface area contributed by atoms with Crippen molar-refractivity contribution in [3.63, 3.8) is 0 Å². The fourth-order valence-corrected chi connectivity index (χ4v) is 3.48. The summed E-state index contributed by atoms with van der Waals surface area (Å²) in [5, 5.41) is 2.77. The predicted octanol–water partition coefficient (Wildman–Crippen LogP) is 2.54. The largest absolute Gasteiger partial charge is 0.495 e. The number of hydrogen-bond acceptors (Lipinski definition) is 6. The zero-order chi connectivity index (χ0) is 20.9. The number of rotatable bonds is 7. The molecule has 0 aliphatic heterocycles. The zero-order valence-corrected chi connectivity index (χ0v) is 17.0. The molecule has 8 nitrogen and oxygen atoms in total. The van der Waals surface area contributed by atoms with Crippen molar-refractivity contribution in [3.05, 3.63) is 53.1 Å². The highest BCUT2D eigenvalue weighted by Crippen LogP contribution is 2.30. The van der Waals surface area contributed by atoms with Gasteiger partial charge >= 0.3 is 5.97 Å². The van der Waals surface area contributed by atoms with E-state index >= 15 is 0 Å². The molecule has 0 saturated carbocycles. The molecule has 0 unspecified atom stereocenters. The summed E-state index contributed by atoms with van der Waals surface area (Å²) in [6.07, 6.45) is 0.982. The van der Waals surface area contributed by atoms with E-state index in [4.69, 9.17) is 16.3 Å². The molecular formula is C18H19ClN2O6S. The maximum absolute atomic E-state index is 12.4. The van der Waals surface area contributed by atoms with Gasteiger partial charge in [0.05, 0.1) is 36.7 Å². The van der Waals surface area contributed by atoms with E-state index in [9.17, 15) is 18.0 Å². The minimum Gasteiger partial charge on any atom is -0.495 e. The van der Waals surface area contributed by atoms with Crippen LogP contribution in [0.25, 0.3) is 0 Å². The number of nitrogens with one attached hydrogen (secondary N) is 1. The second-order valence-corrected chi connectivity index (χ2v) is 8.02. The molecule has 10 heteroatoms. The van der Waals surface area contributed by atoms with E-state index in [2.05, 4.69) is 10.1 Å². The van der Waals surface area contributed by atoms with E-state index in [0.717, 1.165) is 10.6 Å². The number of nitrogens with zero attached hydrogens (tertiary/aromatic N) is 1. The molecule has 28 heavy (non-hydrogen) atoms. The average Bonchev–Trinajstić information content (AvgIpc) is 2.64. The van der Waals surface area contributed by atoms with Gasteiger partial charge in [0.1, 0.15) is 12.3 Å². The fraction of sp³-hybridized carbons (Fsp3) is 0.222. The smallest absolute Gasteiger partial charge is 0.337 e. The summed E-state index contributed by atoms with van der Waals surface area (Å²) in [6, 6.07) is 10.5. The molecule has 0 aliphatic carbocycles. The van der Waals surface area contributed by atoms with Crippen LogP contribution in [0, 0.1) is 0 Å². The normalized spacial score (nSPS) is 10.9. The average molecular weight is 427 g/mol. The fourth-order valence-electron chi connectivity index (χ4n) is 2.38. The Kier molecular flexibility index (Phi) is 6.87. The van der Waals surface area contributed by atoms with E-state index in [-0.39, 0.29) is 16.3 Å². The number of halogens is 1. The van der Waals surface area contributed by atoms with Gasteiger partial charge in [0.15, 0.2) is 0 Å². The third kappa shape index (κ3) is 5.37. The third-order valence-corrected chi connectivity index (χ3v) is 5.11. The van der Waals surface area contributed by atoms with E-state index in [1.165, 1.54) is 44.6 Å². The third-order valence-electron chi connectivity index (χ3n) is 3.68. The summed E-state index contributed by atoms with van der Waals surface area (Å²) in [7, 11) is -1.09. The molecule has 0 fully saturated rings. The number of esters is 1. The summed E-state index contributed by atoms with van der Waals surface area (Å²) >= 11 is 6.06. The molecule has 1 N–H and O–H groups in total. The monoisotopic (exact) mass is 426 g/mol. The number of benzene rings is 2. The van der Waals surface area contributed by atoms with Crippen LogP contribution >= 0.6 is 11.6 Å². The van der Waals surface area contributed by atoms with Gasteiger partial charge in [0, 0.05) is 5.69 Å². The molecule has 0 spiro atoms. The van der Waals surface area contributed by atoms with Gasteiger partial charge in [-0.05, 0) is 36.4 Å². The van der Waals surface area contributed by atoms with Crippen molar-refractivity contribution in [2.24, 2.45) is 0 Å². The number of amides is 1. The van der Waals surface area contributed by atoms with Gasteiger partial charge in [-0.2, -0.15) is 0 Å². The Morgan fingerprint density at radius 2 is 1.86 bits per heavy atom. The number of methoxy groups -OCH3 is 2. The van der Waals surface area contributed by atoms with Crippen molar-refractivity contribution < 1.29 is 27.5 Å². The molecule has 0 aliphatic rings. The molecule has 2 rings (SSSR count). The van der Waals surface area contributed by atoms with Crippen LogP contribution in [-0.2, 0) is 19.6 Å². The maximum Gasteiger partial charge on any atom is 0.337 e. The number of anilines is 2. The first kappa shape index (κ1) is 21.5. The Morgan fingerprint density at radius 3 is 2.43 bits per heavy atom. The lowest BCUT2D eigenvalue weighted by Gasteiger charge is -2.22. The van der Waals surface area contributed by atoms with Crippen LogP contribution in [0.5, 0.6) is 5.75 Å². The molecule has 2 aromatic carbocycles. The summed E-state index contributed by atoms with van der Waals surface area (Å²) in [5.74, 6) is -0.774. The van der Waals surface area contributed by atoms with Crippen LogP contribution < -0.4 is 14.4 Å². The number of sulfonamides is 1. The molecule has 0 saturated heterocycles. The first-order valence-electron chi connectivity index (χ1n) is 7.95. The molecule has 0 heterocycles. The lowest BCUT2D eigenvalue weighted by atomic mass is 10.2. The van der Waals surface area contributed by atoms with Gasteiger partial charge in [-0.25, -0.2) is 13.2 Å². The Bertz CT molecular complexity index is 993. The van der Waals surface area contributed by atoms with E-state index in [1.807, 2.05) is 0 Å². The van der Waals surface area contributed by atoms with Gasteiger partial charge in [-0.1, -0.05) is 17.7 Å². The first-order valence-corrected chi connectivity index (χ1v) is 10.2. The first-order chi connectivity index (χ1) is 13.2. The summed E-state index contributed by atoms with van der Waals surface area (Å²) in [4.78, 5) is 24.0. The van der Waals surface area contributed by atoms with Gasteiger partial charge in [0.2, 0.25) is 15.9 Å². The van der Waals surface area contributed by atoms with Crippen LogP contribution in [0.2, 0.25) is 5.02 Å². The summed E-state index contributed by atoms with van der Waals surface area (Å²) < 4.78 is 35.0. The van der Waals surface area contributed by atoms with E-state index < -0.39 is 28.4 Å². The minimum absolute atomic E-state index is 0.208. The molecule has 2 aromatic rings. The number of hydrogen-bond donors (Lipinski definition) is 1. The van der Waals surface area contributed by atoms with Gasteiger partial charge in [-0.3, -0.25) is 9.10 Å². The van der Waals surface area contributed by atoms with Crippen molar-refractivity contribution in [1.29, 1.82) is 0 Å². The molecule has 0 bridgehead atoms. The molecule has 0 aromatic heterocycles. The molecule has 0 atom stereocenters. The van der Waals surface area contributed by atoms with Crippen molar-refractivity contribution in [2.45, 2.75) is 0 Å². The second kappa shape index (κ2) is 8.94. The van der Waals surface area contributed by atoms with Gasteiger partial charge in [-0.15, -0.1) is 0 Å². The SMILES string of the molecule is COC(=O)c1cccc(NC(=O)CN(c2ccc(OC)c(Cl)c2)S(C)(=O)=O)c1.